The zero-order chi connectivity index (χ0) is 20.5. The fraction of sp³-hybridized carbons (Fsp3) is 0.423. The molecule has 0 fully saturated rings. The minimum absolute atomic E-state index is 0.147. The summed E-state index contributed by atoms with van der Waals surface area (Å²) in [7, 11) is 1.43. The molecule has 0 aromatic heterocycles. The Bertz CT molecular complexity index is 816. The monoisotopic (exact) mass is 392 g/mol. The van der Waals surface area contributed by atoms with E-state index in [4.69, 9.17) is 4.74 Å². The molecule has 0 bridgehead atoms. The van der Waals surface area contributed by atoms with E-state index < -0.39 is 0 Å². The smallest absolute Gasteiger partial charge is 0.305 e. The summed E-state index contributed by atoms with van der Waals surface area (Å²) in [6.07, 6.45) is 8.19. The molecule has 3 nitrogen and oxygen atoms in total. The second-order valence-corrected chi connectivity index (χ2v) is 7.87. The summed E-state index contributed by atoms with van der Waals surface area (Å²) in [5.74, 6) is 0.757. The molecule has 0 atom stereocenters. The number of carbonyl (C=O) groups excluding carboxylic acids is 1. The molecule has 29 heavy (non-hydrogen) atoms. The van der Waals surface area contributed by atoms with E-state index in [1.807, 2.05) is 12.1 Å². The van der Waals surface area contributed by atoms with Gasteiger partial charge < -0.3 is 9.47 Å². The molecule has 0 radical (unpaired) electrons. The van der Waals surface area contributed by atoms with E-state index in [-0.39, 0.29) is 5.97 Å². The summed E-state index contributed by atoms with van der Waals surface area (Å²) in [5.41, 5.74) is 6.77. The van der Waals surface area contributed by atoms with Crippen LogP contribution >= 0.6 is 0 Å². The number of esters is 1. The first-order chi connectivity index (χ1) is 14.2. The van der Waals surface area contributed by atoms with Crippen molar-refractivity contribution in [1.82, 2.24) is 0 Å². The maximum absolute atomic E-state index is 11.2. The predicted octanol–water partition coefficient (Wildman–Crippen LogP) is 6.29. The van der Waals surface area contributed by atoms with Gasteiger partial charge in [0.15, 0.2) is 0 Å². The van der Waals surface area contributed by atoms with E-state index in [2.05, 4.69) is 48.1 Å². The lowest BCUT2D eigenvalue weighted by atomic mass is 9.95. The normalized spacial score (nSPS) is 14.4. The third-order valence-electron chi connectivity index (χ3n) is 5.64. The Labute approximate surface area is 174 Å². The molecule has 0 saturated heterocycles. The molecule has 3 heteroatoms. The van der Waals surface area contributed by atoms with Gasteiger partial charge >= 0.3 is 5.97 Å². The Morgan fingerprint density at radius 2 is 1.66 bits per heavy atom. The topological polar surface area (TPSA) is 35.5 Å². The molecular weight excluding hydrogens is 360 g/mol. The number of aryl methyl sites for hydroxylation is 2. The molecule has 0 unspecified atom stereocenters. The van der Waals surface area contributed by atoms with Crippen molar-refractivity contribution in [2.75, 3.05) is 13.7 Å². The Kier molecular flexibility index (Phi) is 7.92. The third-order valence-corrected chi connectivity index (χ3v) is 5.64. The number of ether oxygens (including phenoxy) is 2. The molecule has 0 heterocycles. The Balaban J connectivity index is 1.61. The molecule has 1 aliphatic rings. The van der Waals surface area contributed by atoms with Crippen molar-refractivity contribution in [1.29, 1.82) is 0 Å². The number of methoxy groups -OCH3 is 1. The van der Waals surface area contributed by atoms with Gasteiger partial charge in [-0.25, -0.2) is 0 Å². The van der Waals surface area contributed by atoms with Crippen LogP contribution in [0.3, 0.4) is 0 Å². The van der Waals surface area contributed by atoms with Crippen molar-refractivity contribution in [2.24, 2.45) is 0 Å². The fourth-order valence-corrected chi connectivity index (χ4v) is 3.87. The summed E-state index contributed by atoms with van der Waals surface area (Å²) in [4.78, 5) is 11.2. The molecule has 0 N–H and O–H groups in total. The van der Waals surface area contributed by atoms with E-state index in [0.717, 1.165) is 31.4 Å². The van der Waals surface area contributed by atoms with Crippen LogP contribution in [-0.2, 0) is 16.0 Å². The van der Waals surface area contributed by atoms with Gasteiger partial charge in [0.2, 0.25) is 0 Å². The van der Waals surface area contributed by atoms with Crippen molar-refractivity contribution in [2.45, 2.75) is 58.3 Å². The van der Waals surface area contributed by atoms with Gasteiger partial charge in [0.05, 0.1) is 7.11 Å². The van der Waals surface area contributed by atoms with Gasteiger partial charge in [-0.15, -0.1) is 0 Å². The van der Waals surface area contributed by atoms with Crippen LogP contribution in [0.25, 0.3) is 5.57 Å². The number of hydrogen-bond donors (Lipinski definition) is 0. The minimum atomic E-state index is -0.147. The first-order valence-corrected chi connectivity index (χ1v) is 10.7. The van der Waals surface area contributed by atoms with Gasteiger partial charge in [-0.05, 0) is 79.9 Å². The van der Waals surface area contributed by atoms with Gasteiger partial charge in [-0.3, -0.25) is 4.79 Å². The second kappa shape index (κ2) is 10.8. The third kappa shape index (κ3) is 6.49. The highest BCUT2D eigenvalue weighted by atomic mass is 16.5. The van der Waals surface area contributed by atoms with Crippen LogP contribution in [0.4, 0.5) is 0 Å². The average molecular weight is 393 g/mol. The molecule has 0 saturated carbocycles. The fourth-order valence-electron chi connectivity index (χ4n) is 3.87. The molecule has 0 amide bonds. The van der Waals surface area contributed by atoms with Crippen molar-refractivity contribution in [3.63, 3.8) is 0 Å². The summed E-state index contributed by atoms with van der Waals surface area (Å²) in [5, 5.41) is 0. The first-order valence-electron chi connectivity index (χ1n) is 10.7. The second-order valence-electron chi connectivity index (χ2n) is 7.87. The van der Waals surface area contributed by atoms with Crippen molar-refractivity contribution in [3.8, 4) is 5.75 Å². The van der Waals surface area contributed by atoms with Gasteiger partial charge in [0, 0.05) is 6.42 Å². The van der Waals surface area contributed by atoms with Gasteiger partial charge in [0.25, 0.3) is 0 Å². The van der Waals surface area contributed by atoms with Crippen LogP contribution in [-0.4, -0.2) is 19.7 Å². The summed E-state index contributed by atoms with van der Waals surface area (Å²) in [6, 6.07) is 17.2. The summed E-state index contributed by atoms with van der Waals surface area (Å²) >= 11 is 0. The zero-order valence-corrected chi connectivity index (χ0v) is 17.7. The number of benzene rings is 2. The van der Waals surface area contributed by atoms with E-state index in [1.54, 1.807) is 0 Å². The van der Waals surface area contributed by atoms with Crippen LogP contribution in [0, 0.1) is 6.92 Å². The SMILES string of the molecule is COC(=O)CCCc1ccc(OCC2=C(c3ccc(C)cc3)CCCCC2)cc1. The highest BCUT2D eigenvalue weighted by molar-refractivity contribution is 5.69. The zero-order valence-electron chi connectivity index (χ0n) is 17.7. The van der Waals surface area contributed by atoms with Crippen LogP contribution in [0.1, 0.15) is 61.6 Å². The highest BCUT2D eigenvalue weighted by Crippen LogP contribution is 2.32. The highest BCUT2D eigenvalue weighted by Gasteiger charge is 2.14. The van der Waals surface area contributed by atoms with E-state index in [1.165, 1.54) is 54.2 Å². The molecule has 154 valence electrons. The Morgan fingerprint density at radius 1 is 0.931 bits per heavy atom. The lowest BCUT2D eigenvalue weighted by Crippen LogP contribution is -2.04. The van der Waals surface area contributed by atoms with E-state index in [9.17, 15) is 4.79 Å². The average Bonchev–Trinajstić information content (AvgIpc) is 2.99. The minimum Gasteiger partial charge on any atom is -0.489 e. The standard InChI is InChI=1S/C26H32O3/c1-20-11-15-22(16-12-20)25-9-5-3-4-8-23(25)19-29-24-17-13-21(14-18-24)7-6-10-26(27)28-2/h11-18H,3-10,19H2,1-2H3. The Morgan fingerprint density at radius 3 is 2.38 bits per heavy atom. The van der Waals surface area contributed by atoms with Gasteiger partial charge in [0.1, 0.15) is 12.4 Å². The Hall–Kier alpha value is -2.55. The van der Waals surface area contributed by atoms with Crippen LogP contribution in [0.5, 0.6) is 5.75 Å². The number of hydrogen-bond acceptors (Lipinski definition) is 3. The maximum atomic E-state index is 11.2. The summed E-state index contributed by atoms with van der Waals surface area (Å²) < 4.78 is 10.8. The molecular formula is C26H32O3. The molecule has 2 aromatic carbocycles. The summed E-state index contributed by atoms with van der Waals surface area (Å²) in [6.45, 7) is 2.79. The predicted molar refractivity (Wildman–Crippen MR) is 118 cm³/mol. The van der Waals surface area contributed by atoms with Crippen LogP contribution < -0.4 is 4.74 Å². The first kappa shape index (κ1) is 21.2. The lowest BCUT2D eigenvalue weighted by molar-refractivity contribution is -0.140. The van der Waals surface area contributed by atoms with Crippen molar-refractivity contribution >= 4 is 11.5 Å². The molecule has 1 aliphatic carbocycles. The quantitative estimate of drug-likeness (QED) is 0.495. The number of carbonyl (C=O) groups is 1. The molecule has 0 spiro atoms. The van der Waals surface area contributed by atoms with E-state index in [0.29, 0.717) is 13.0 Å². The number of rotatable bonds is 8. The van der Waals surface area contributed by atoms with Gasteiger partial charge in [-0.2, -0.15) is 0 Å². The molecule has 0 aliphatic heterocycles. The van der Waals surface area contributed by atoms with Crippen LogP contribution in [0.15, 0.2) is 54.1 Å². The molecule has 2 aromatic rings. The largest absolute Gasteiger partial charge is 0.489 e. The van der Waals surface area contributed by atoms with Crippen LogP contribution in [0.2, 0.25) is 0 Å². The van der Waals surface area contributed by atoms with E-state index >= 15 is 0 Å². The van der Waals surface area contributed by atoms with Gasteiger partial charge in [-0.1, -0.05) is 48.4 Å². The number of allylic oxidation sites excluding steroid dienone is 1. The van der Waals surface area contributed by atoms with Crippen molar-refractivity contribution < 1.29 is 14.3 Å². The van der Waals surface area contributed by atoms with Crippen molar-refractivity contribution in [3.05, 3.63) is 70.8 Å². The maximum Gasteiger partial charge on any atom is 0.305 e. The lowest BCUT2D eigenvalue weighted by Gasteiger charge is -2.15. The molecule has 3 rings (SSSR count).